The van der Waals surface area contributed by atoms with Crippen molar-refractivity contribution in [3.05, 3.63) is 62.8 Å². The van der Waals surface area contributed by atoms with Gasteiger partial charge in [-0.05, 0) is 24.3 Å². The number of benzene rings is 1. The molecule has 3 aromatic rings. The number of hydrogen-bond acceptors (Lipinski definition) is 4. The number of aromatic amines is 2. The molecule has 0 spiro atoms. The molecule has 3 N–H and O–H groups in total. The molecule has 0 unspecified atom stereocenters. The summed E-state index contributed by atoms with van der Waals surface area (Å²) in [7, 11) is 0. The molecule has 0 radical (unpaired) electrons. The van der Waals surface area contributed by atoms with Crippen LogP contribution in [0.3, 0.4) is 0 Å². The van der Waals surface area contributed by atoms with E-state index >= 15 is 0 Å². The number of hydrogen-bond donors (Lipinski definition) is 3. The zero-order valence-electron chi connectivity index (χ0n) is 10.6. The molecule has 7 nitrogen and oxygen atoms in total. The van der Waals surface area contributed by atoms with Crippen molar-refractivity contribution in [2.45, 2.75) is 0 Å². The lowest BCUT2D eigenvalue weighted by atomic mass is 10.1. The number of pyridine rings is 1. The van der Waals surface area contributed by atoms with Gasteiger partial charge in [0.2, 0.25) is 0 Å². The number of aromatic nitrogens is 3. The van der Waals surface area contributed by atoms with Crippen LogP contribution in [-0.2, 0) is 0 Å². The molecule has 0 aliphatic heterocycles. The van der Waals surface area contributed by atoms with Crippen LogP contribution in [0.4, 0.5) is 0 Å². The Morgan fingerprint density at radius 1 is 1.10 bits per heavy atom. The average molecular weight is 283 g/mol. The summed E-state index contributed by atoms with van der Waals surface area (Å²) < 4.78 is 0. The minimum Gasteiger partial charge on any atom is -0.478 e. The highest BCUT2D eigenvalue weighted by Crippen LogP contribution is 2.19. The standard InChI is InChI=1S/C14H9N3O4/c18-12-9-4-5-10(15-11(9)16-14(21)17-12)7-2-1-3-8(6-7)13(19)20/h1-6H,(H,19,20)(H2,15,16,17,18,21). The normalized spacial score (nSPS) is 10.7. The second kappa shape index (κ2) is 4.71. The van der Waals surface area contributed by atoms with E-state index in [4.69, 9.17) is 5.11 Å². The maximum absolute atomic E-state index is 11.6. The van der Waals surface area contributed by atoms with E-state index in [-0.39, 0.29) is 16.6 Å². The van der Waals surface area contributed by atoms with Gasteiger partial charge in [0.1, 0.15) is 5.65 Å². The summed E-state index contributed by atoms with van der Waals surface area (Å²) in [5.74, 6) is -1.04. The molecule has 0 atom stereocenters. The van der Waals surface area contributed by atoms with Gasteiger partial charge >= 0.3 is 11.7 Å². The Bertz CT molecular complexity index is 972. The molecule has 0 saturated heterocycles. The van der Waals surface area contributed by atoms with Crippen molar-refractivity contribution >= 4 is 17.0 Å². The Hall–Kier alpha value is -3.22. The van der Waals surface area contributed by atoms with Gasteiger partial charge in [-0.1, -0.05) is 12.1 Å². The lowest BCUT2D eigenvalue weighted by Crippen LogP contribution is -2.22. The molecule has 21 heavy (non-hydrogen) atoms. The largest absolute Gasteiger partial charge is 0.478 e. The van der Waals surface area contributed by atoms with Crippen LogP contribution < -0.4 is 11.2 Å². The van der Waals surface area contributed by atoms with Gasteiger partial charge in [-0.15, -0.1) is 0 Å². The van der Waals surface area contributed by atoms with Gasteiger partial charge in [0, 0.05) is 5.56 Å². The summed E-state index contributed by atoms with van der Waals surface area (Å²) in [5.41, 5.74) is 0.170. The number of aromatic carboxylic acids is 1. The second-order valence-electron chi connectivity index (χ2n) is 4.39. The van der Waals surface area contributed by atoms with E-state index in [1.54, 1.807) is 18.2 Å². The highest BCUT2D eigenvalue weighted by Gasteiger charge is 2.08. The fraction of sp³-hybridized carbons (Fsp3) is 0. The average Bonchev–Trinajstić information content (AvgIpc) is 2.46. The quantitative estimate of drug-likeness (QED) is 0.648. The summed E-state index contributed by atoms with van der Waals surface area (Å²) >= 11 is 0. The molecule has 1 aromatic carbocycles. The van der Waals surface area contributed by atoms with Gasteiger partial charge in [0.05, 0.1) is 16.6 Å². The number of H-pyrrole nitrogens is 2. The topological polar surface area (TPSA) is 116 Å². The van der Waals surface area contributed by atoms with Crippen molar-refractivity contribution in [1.29, 1.82) is 0 Å². The van der Waals surface area contributed by atoms with E-state index in [9.17, 15) is 14.4 Å². The Kier molecular flexibility index (Phi) is 2.87. The minimum absolute atomic E-state index is 0.133. The molecule has 0 aliphatic carbocycles. The van der Waals surface area contributed by atoms with Gasteiger partial charge in [-0.3, -0.25) is 14.8 Å². The highest BCUT2D eigenvalue weighted by molar-refractivity contribution is 5.89. The zero-order valence-corrected chi connectivity index (χ0v) is 10.6. The van der Waals surface area contributed by atoms with Gasteiger partial charge in [-0.25, -0.2) is 14.6 Å². The van der Waals surface area contributed by atoms with Crippen molar-refractivity contribution in [3.63, 3.8) is 0 Å². The Labute approximate surface area is 116 Å². The van der Waals surface area contributed by atoms with E-state index in [0.29, 0.717) is 11.3 Å². The Morgan fingerprint density at radius 2 is 1.90 bits per heavy atom. The third kappa shape index (κ3) is 2.32. The SMILES string of the molecule is O=C(O)c1cccc(-c2ccc3c(=O)[nH]c(=O)[nH]c3n2)c1. The maximum atomic E-state index is 11.6. The summed E-state index contributed by atoms with van der Waals surface area (Å²) in [4.78, 5) is 42.6. The number of rotatable bonds is 2. The van der Waals surface area contributed by atoms with Crippen LogP contribution in [0.5, 0.6) is 0 Å². The third-order valence-electron chi connectivity index (χ3n) is 3.00. The molecule has 0 bridgehead atoms. The lowest BCUT2D eigenvalue weighted by molar-refractivity contribution is 0.0697. The molecule has 7 heteroatoms. The molecular weight excluding hydrogens is 274 g/mol. The zero-order chi connectivity index (χ0) is 15.0. The number of fused-ring (bicyclic) bond motifs is 1. The van der Waals surface area contributed by atoms with Crippen LogP contribution in [0, 0.1) is 0 Å². The molecule has 0 saturated carbocycles. The molecule has 2 heterocycles. The van der Waals surface area contributed by atoms with Gasteiger partial charge < -0.3 is 5.11 Å². The van der Waals surface area contributed by atoms with E-state index in [2.05, 4.69) is 15.0 Å². The lowest BCUT2D eigenvalue weighted by Gasteiger charge is -2.03. The van der Waals surface area contributed by atoms with Crippen molar-refractivity contribution in [3.8, 4) is 11.3 Å². The first-order valence-electron chi connectivity index (χ1n) is 6.02. The fourth-order valence-corrected chi connectivity index (χ4v) is 2.02. The predicted octanol–water partition coefficient (Wildman–Crippen LogP) is 0.977. The van der Waals surface area contributed by atoms with Gasteiger partial charge in [0.15, 0.2) is 0 Å². The number of carboxylic acid groups (broad SMARTS) is 1. The van der Waals surface area contributed by atoms with Crippen LogP contribution in [0.1, 0.15) is 10.4 Å². The van der Waals surface area contributed by atoms with Crippen LogP contribution in [-0.4, -0.2) is 26.0 Å². The first-order valence-corrected chi connectivity index (χ1v) is 6.02. The third-order valence-corrected chi connectivity index (χ3v) is 3.00. The molecule has 0 fully saturated rings. The van der Waals surface area contributed by atoms with Gasteiger partial charge in [0.25, 0.3) is 5.56 Å². The summed E-state index contributed by atoms with van der Waals surface area (Å²) in [6.07, 6.45) is 0. The van der Waals surface area contributed by atoms with Crippen LogP contribution in [0.15, 0.2) is 46.0 Å². The summed E-state index contributed by atoms with van der Waals surface area (Å²) in [6.45, 7) is 0. The van der Waals surface area contributed by atoms with E-state index in [0.717, 1.165) is 0 Å². The molecule has 0 aliphatic rings. The minimum atomic E-state index is -1.04. The molecule has 3 rings (SSSR count). The summed E-state index contributed by atoms with van der Waals surface area (Å²) in [6, 6.07) is 9.37. The first kappa shape index (κ1) is 12.8. The molecule has 0 amide bonds. The number of carboxylic acids is 1. The van der Waals surface area contributed by atoms with Crippen molar-refractivity contribution in [2.75, 3.05) is 0 Å². The van der Waals surface area contributed by atoms with Crippen molar-refractivity contribution < 1.29 is 9.90 Å². The van der Waals surface area contributed by atoms with Crippen molar-refractivity contribution in [1.82, 2.24) is 15.0 Å². The van der Waals surface area contributed by atoms with E-state index < -0.39 is 17.2 Å². The first-order chi connectivity index (χ1) is 10.0. The Morgan fingerprint density at radius 3 is 2.67 bits per heavy atom. The second-order valence-corrected chi connectivity index (χ2v) is 4.39. The predicted molar refractivity (Wildman–Crippen MR) is 75.4 cm³/mol. The summed E-state index contributed by atoms with van der Waals surface area (Å²) in [5, 5.41) is 9.24. The van der Waals surface area contributed by atoms with Gasteiger partial charge in [-0.2, -0.15) is 0 Å². The number of nitrogens with zero attached hydrogens (tertiary/aromatic N) is 1. The smallest absolute Gasteiger partial charge is 0.335 e. The van der Waals surface area contributed by atoms with E-state index in [1.165, 1.54) is 18.2 Å². The number of nitrogens with one attached hydrogen (secondary N) is 2. The highest BCUT2D eigenvalue weighted by atomic mass is 16.4. The van der Waals surface area contributed by atoms with Crippen molar-refractivity contribution in [2.24, 2.45) is 0 Å². The Balaban J connectivity index is 2.22. The van der Waals surface area contributed by atoms with Crippen LogP contribution >= 0.6 is 0 Å². The van der Waals surface area contributed by atoms with E-state index in [1.807, 2.05) is 0 Å². The van der Waals surface area contributed by atoms with Crippen LogP contribution in [0.25, 0.3) is 22.3 Å². The molecular formula is C14H9N3O4. The number of carbonyl (C=O) groups is 1. The maximum Gasteiger partial charge on any atom is 0.335 e. The van der Waals surface area contributed by atoms with Crippen LogP contribution in [0.2, 0.25) is 0 Å². The molecule has 2 aromatic heterocycles. The molecule has 104 valence electrons. The fourth-order valence-electron chi connectivity index (χ4n) is 2.02. The monoisotopic (exact) mass is 283 g/mol.